The zero-order valence-corrected chi connectivity index (χ0v) is 11.6. The minimum absolute atomic E-state index is 0.270. The maximum atomic E-state index is 11.9. The Labute approximate surface area is 117 Å². The van der Waals surface area contributed by atoms with Crippen LogP contribution in [0.2, 0.25) is 0 Å². The summed E-state index contributed by atoms with van der Waals surface area (Å²) in [5, 5.41) is 0. The maximum Gasteiger partial charge on any atom is 0.321 e. The molecule has 1 heterocycles. The van der Waals surface area contributed by atoms with Crippen LogP contribution in [0.15, 0.2) is 12.2 Å². The standard InChI is InChI=1S/C14H18O6/c1-9(15)19-8-4-7-14-6-3-5-10(14)20-13(17)11(14)12(16)18-2/h3,5,10-11H,4,6-8H2,1-2H3/t10-,11?,14-/m0/s1. The van der Waals surface area contributed by atoms with Crippen molar-refractivity contribution in [3.05, 3.63) is 12.2 Å². The Morgan fingerprint density at radius 2 is 2.25 bits per heavy atom. The molecule has 2 aliphatic rings. The van der Waals surface area contributed by atoms with E-state index in [1.807, 2.05) is 12.2 Å². The molecule has 6 heteroatoms. The molecule has 0 aromatic carbocycles. The Hall–Kier alpha value is -1.85. The number of fused-ring (bicyclic) bond motifs is 1. The fraction of sp³-hybridized carbons (Fsp3) is 0.643. The molecule has 0 bridgehead atoms. The van der Waals surface area contributed by atoms with Crippen LogP contribution in [-0.4, -0.2) is 37.7 Å². The van der Waals surface area contributed by atoms with Gasteiger partial charge in [0, 0.05) is 12.3 Å². The quantitative estimate of drug-likeness (QED) is 0.246. The van der Waals surface area contributed by atoms with Crippen LogP contribution in [0, 0.1) is 11.3 Å². The highest BCUT2D eigenvalue weighted by Crippen LogP contribution is 2.51. The highest BCUT2D eigenvalue weighted by molar-refractivity contribution is 5.98. The van der Waals surface area contributed by atoms with E-state index in [0.717, 1.165) is 0 Å². The second kappa shape index (κ2) is 5.64. The smallest absolute Gasteiger partial charge is 0.321 e. The number of methoxy groups -OCH3 is 1. The largest absolute Gasteiger partial charge is 0.468 e. The van der Waals surface area contributed by atoms with Crippen molar-refractivity contribution in [1.29, 1.82) is 0 Å². The van der Waals surface area contributed by atoms with Crippen molar-refractivity contribution in [3.63, 3.8) is 0 Å². The van der Waals surface area contributed by atoms with Gasteiger partial charge in [-0.1, -0.05) is 6.08 Å². The van der Waals surface area contributed by atoms with Gasteiger partial charge in [0.25, 0.3) is 0 Å². The van der Waals surface area contributed by atoms with Crippen molar-refractivity contribution in [3.8, 4) is 0 Å². The van der Waals surface area contributed by atoms with Gasteiger partial charge >= 0.3 is 17.9 Å². The predicted octanol–water partition coefficient (Wildman–Crippen LogP) is 0.991. The van der Waals surface area contributed by atoms with Crippen molar-refractivity contribution in [2.24, 2.45) is 11.3 Å². The lowest BCUT2D eigenvalue weighted by Gasteiger charge is -2.30. The van der Waals surface area contributed by atoms with Crippen LogP contribution in [0.1, 0.15) is 26.2 Å². The van der Waals surface area contributed by atoms with Gasteiger partial charge in [0.05, 0.1) is 13.7 Å². The number of ether oxygens (including phenoxy) is 3. The first-order chi connectivity index (χ1) is 9.51. The molecule has 0 radical (unpaired) electrons. The van der Waals surface area contributed by atoms with Crippen molar-refractivity contribution >= 4 is 17.9 Å². The van der Waals surface area contributed by atoms with Crippen LogP contribution in [0.3, 0.4) is 0 Å². The topological polar surface area (TPSA) is 78.9 Å². The Bertz CT molecular complexity index is 455. The molecule has 1 aliphatic heterocycles. The lowest BCUT2D eigenvalue weighted by atomic mass is 9.70. The number of rotatable bonds is 5. The van der Waals surface area contributed by atoms with E-state index >= 15 is 0 Å². The number of hydrogen-bond donors (Lipinski definition) is 0. The van der Waals surface area contributed by atoms with E-state index in [9.17, 15) is 14.4 Å². The van der Waals surface area contributed by atoms with Crippen molar-refractivity contribution in [2.75, 3.05) is 13.7 Å². The molecule has 0 amide bonds. The molecule has 20 heavy (non-hydrogen) atoms. The normalized spacial score (nSPS) is 30.8. The Morgan fingerprint density at radius 1 is 1.50 bits per heavy atom. The van der Waals surface area contributed by atoms with E-state index in [1.165, 1.54) is 14.0 Å². The molecular weight excluding hydrogens is 264 g/mol. The molecule has 1 saturated heterocycles. The van der Waals surface area contributed by atoms with Gasteiger partial charge in [-0.15, -0.1) is 0 Å². The number of carbonyl (C=O) groups excluding carboxylic acids is 3. The van der Waals surface area contributed by atoms with E-state index in [1.54, 1.807) is 0 Å². The molecule has 110 valence electrons. The van der Waals surface area contributed by atoms with E-state index in [0.29, 0.717) is 19.3 Å². The summed E-state index contributed by atoms with van der Waals surface area (Å²) in [5.41, 5.74) is -0.593. The third-order valence-corrected chi connectivity index (χ3v) is 3.96. The summed E-state index contributed by atoms with van der Waals surface area (Å²) in [5.74, 6) is -2.33. The fourth-order valence-electron chi connectivity index (χ4n) is 3.04. The zero-order valence-electron chi connectivity index (χ0n) is 11.6. The summed E-state index contributed by atoms with van der Waals surface area (Å²) in [7, 11) is 1.26. The van der Waals surface area contributed by atoms with Crippen LogP contribution >= 0.6 is 0 Å². The van der Waals surface area contributed by atoms with Gasteiger partial charge in [0.2, 0.25) is 0 Å². The van der Waals surface area contributed by atoms with Crippen molar-refractivity contribution in [1.82, 2.24) is 0 Å². The van der Waals surface area contributed by atoms with Crippen LogP contribution in [-0.2, 0) is 28.6 Å². The third kappa shape index (κ3) is 2.42. The van der Waals surface area contributed by atoms with Crippen LogP contribution < -0.4 is 0 Å². The van der Waals surface area contributed by atoms with Gasteiger partial charge in [-0.25, -0.2) is 0 Å². The summed E-state index contributed by atoms with van der Waals surface area (Å²) < 4.78 is 14.9. The van der Waals surface area contributed by atoms with Gasteiger partial charge in [0.15, 0.2) is 5.92 Å². The molecule has 2 rings (SSSR count). The maximum absolute atomic E-state index is 11.9. The first-order valence-corrected chi connectivity index (χ1v) is 6.59. The van der Waals surface area contributed by atoms with E-state index in [2.05, 4.69) is 0 Å². The van der Waals surface area contributed by atoms with Gasteiger partial charge < -0.3 is 14.2 Å². The number of allylic oxidation sites excluding steroid dienone is 1. The zero-order chi connectivity index (χ0) is 14.8. The van der Waals surface area contributed by atoms with Crippen LogP contribution in [0.25, 0.3) is 0 Å². The fourth-order valence-corrected chi connectivity index (χ4v) is 3.04. The molecule has 6 nitrogen and oxygen atoms in total. The second-order valence-corrected chi connectivity index (χ2v) is 5.12. The molecule has 1 unspecified atom stereocenters. The lowest BCUT2D eigenvalue weighted by molar-refractivity contribution is -0.156. The summed E-state index contributed by atoms with van der Waals surface area (Å²) in [6, 6.07) is 0. The SMILES string of the molecule is COC(=O)C1C(=O)O[C@H]2C=CC[C@@]12CCCOC(C)=O. The van der Waals surface area contributed by atoms with Crippen LogP contribution in [0.4, 0.5) is 0 Å². The highest BCUT2D eigenvalue weighted by Gasteiger charge is 2.60. The second-order valence-electron chi connectivity index (χ2n) is 5.12. The van der Waals surface area contributed by atoms with Gasteiger partial charge in [0.1, 0.15) is 6.10 Å². The Morgan fingerprint density at radius 3 is 2.90 bits per heavy atom. The molecule has 0 aromatic heterocycles. The highest BCUT2D eigenvalue weighted by atomic mass is 16.6. The first kappa shape index (κ1) is 14.6. The van der Waals surface area contributed by atoms with Gasteiger partial charge in [-0.2, -0.15) is 0 Å². The lowest BCUT2D eigenvalue weighted by Crippen LogP contribution is -2.39. The molecule has 1 aliphatic carbocycles. The molecular formula is C14H18O6. The molecule has 0 saturated carbocycles. The average molecular weight is 282 g/mol. The first-order valence-electron chi connectivity index (χ1n) is 6.59. The molecule has 0 spiro atoms. The minimum Gasteiger partial charge on any atom is -0.468 e. The minimum atomic E-state index is -0.898. The summed E-state index contributed by atoms with van der Waals surface area (Å²) in [4.78, 5) is 34.5. The number of hydrogen-bond acceptors (Lipinski definition) is 6. The van der Waals surface area contributed by atoms with E-state index in [4.69, 9.17) is 14.2 Å². The van der Waals surface area contributed by atoms with Crippen molar-refractivity contribution < 1.29 is 28.6 Å². The average Bonchev–Trinajstić information content (AvgIpc) is 2.88. The van der Waals surface area contributed by atoms with Gasteiger partial charge in [-0.05, 0) is 25.3 Å². The van der Waals surface area contributed by atoms with Crippen molar-refractivity contribution in [2.45, 2.75) is 32.3 Å². The predicted molar refractivity (Wildman–Crippen MR) is 67.4 cm³/mol. The Balaban J connectivity index is 2.09. The Kier molecular flexibility index (Phi) is 4.11. The van der Waals surface area contributed by atoms with E-state index in [-0.39, 0.29) is 12.6 Å². The summed E-state index contributed by atoms with van der Waals surface area (Å²) in [6.07, 6.45) is 5.05. The third-order valence-electron chi connectivity index (χ3n) is 3.96. The van der Waals surface area contributed by atoms with E-state index < -0.39 is 29.4 Å². The number of carbonyl (C=O) groups is 3. The number of esters is 3. The summed E-state index contributed by atoms with van der Waals surface area (Å²) in [6.45, 7) is 1.61. The molecule has 0 N–H and O–H groups in total. The molecule has 1 fully saturated rings. The summed E-state index contributed by atoms with van der Waals surface area (Å²) >= 11 is 0. The molecule has 0 aromatic rings. The van der Waals surface area contributed by atoms with Gasteiger partial charge in [-0.3, -0.25) is 14.4 Å². The molecule has 3 atom stereocenters. The monoisotopic (exact) mass is 282 g/mol. The van der Waals surface area contributed by atoms with Crippen LogP contribution in [0.5, 0.6) is 0 Å².